The fourth-order valence-electron chi connectivity index (χ4n) is 1.25. The Labute approximate surface area is 101 Å². The maximum absolute atomic E-state index is 11.3. The van der Waals surface area contributed by atoms with E-state index < -0.39 is 0 Å². The van der Waals surface area contributed by atoms with Crippen LogP contribution in [0.3, 0.4) is 0 Å². The van der Waals surface area contributed by atoms with Crippen LogP contribution >= 0.6 is 0 Å². The van der Waals surface area contributed by atoms with Crippen molar-refractivity contribution in [2.24, 2.45) is 0 Å². The normalized spacial score (nSPS) is 9.47. The van der Waals surface area contributed by atoms with Crippen LogP contribution < -0.4 is 0 Å². The zero-order valence-corrected chi connectivity index (χ0v) is 9.94. The first-order valence-electron chi connectivity index (χ1n) is 5.27. The van der Waals surface area contributed by atoms with Crippen molar-refractivity contribution in [1.82, 2.24) is 0 Å². The topological polar surface area (TPSA) is 35.5 Å². The van der Waals surface area contributed by atoms with E-state index in [0.717, 1.165) is 11.1 Å². The van der Waals surface area contributed by atoms with E-state index in [1.807, 2.05) is 24.3 Å². The highest BCUT2D eigenvalue weighted by molar-refractivity contribution is 5.86. The second kappa shape index (κ2) is 6.53. The Kier molecular flexibility index (Phi) is 5.01. The number of hydrogen-bond acceptors (Lipinski definition) is 3. The fraction of sp³-hybridized carbons (Fsp3) is 0.214. The third kappa shape index (κ3) is 4.15. The van der Waals surface area contributed by atoms with Gasteiger partial charge < -0.3 is 9.47 Å². The van der Waals surface area contributed by atoms with Crippen LogP contribution in [-0.4, -0.2) is 5.97 Å². The Balaban J connectivity index is 2.66. The first-order chi connectivity index (χ1) is 8.15. The van der Waals surface area contributed by atoms with Crippen molar-refractivity contribution in [2.75, 3.05) is 0 Å². The molecule has 3 nitrogen and oxygen atoms in total. The van der Waals surface area contributed by atoms with Crippen molar-refractivity contribution >= 4 is 5.97 Å². The summed E-state index contributed by atoms with van der Waals surface area (Å²) in [6, 6.07) is 7.62. The molecule has 0 radical (unpaired) electrons. The fourth-order valence-corrected chi connectivity index (χ4v) is 1.25. The Morgan fingerprint density at radius 1 is 1.29 bits per heavy atom. The van der Waals surface area contributed by atoms with Crippen LogP contribution in [0.15, 0.2) is 49.3 Å². The number of ether oxygens (including phenoxy) is 2. The lowest BCUT2D eigenvalue weighted by Gasteiger charge is -2.09. The van der Waals surface area contributed by atoms with Crippen molar-refractivity contribution in [1.29, 1.82) is 0 Å². The maximum atomic E-state index is 11.3. The molecular formula is C14H16O3. The van der Waals surface area contributed by atoms with Crippen LogP contribution in [0.2, 0.25) is 0 Å². The van der Waals surface area contributed by atoms with E-state index in [4.69, 9.17) is 9.47 Å². The van der Waals surface area contributed by atoms with Gasteiger partial charge in [-0.15, -0.1) is 0 Å². The van der Waals surface area contributed by atoms with Crippen LogP contribution in [-0.2, 0) is 27.5 Å². The molecule has 0 spiro atoms. The zero-order valence-electron chi connectivity index (χ0n) is 9.94. The highest BCUT2D eigenvalue weighted by atomic mass is 16.5. The van der Waals surface area contributed by atoms with Gasteiger partial charge in [-0.25, -0.2) is 4.79 Å². The van der Waals surface area contributed by atoms with E-state index in [0.29, 0.717) is 12.2 Å². The van der Waals surface area contributed by atoms with Crippen LogP contribution in [0.1, 0.15) is 18.1 Å². The van der Waals surface area contributed by atoms with Gasteiger partial charge in [-0.2, -0.15) is 0 Å². The third-order valence-electron chi connectivity index (χ3n) is 2.18. The molecule has 17 heavy (non-hydrogen) atoms. The van der Waals surface area contributed by atoms with Gasteiger partial charge in [0.25, 0.3) is 0 Å². The molecule has 0 aliphatic carbocycles. The smallest absolute Gasteiger partial charge is 0.333 e. The van der Waals surface area contributed by atoms with Crippen LogP contribution in [0.4, 0.5) is 0 Å². The molecular weight excluding hydrogens is 216 g/mol. The molecule has 1 rings (SSSR count). The number of carbonyl (C=O) groups excluding carboxylic acids is 1. The number of carbonyl (C=O) groups is 1. The van der Waals surface area contributed by atoms with Gasteiger partial charge in [0.2, 0.25) is 0 Å². The van der Waals surface area contributed by atoms with Gasteiger partial charge in [-0.05, 0) is 18.1 Å². The lowest BCUT2D eigenvalue weighted by Crippen LogP contribution is -2.06. The average Bonchev–Trinajstić information content (AvgIpc) is 2.34. The molecule has 0 atom stereocenters. The molecule has 0 aromatic heterocycles. The van der Waals surface area contributed by atoms with Gasteiger partial charge >= 0.3 is 5.97 Å². The van der Waals surface area contributed by atoms with Crippen molar-refractivity contribution in [3.05, 3.63) is 60.4 Å². The van der Waals surface area contributed by atoms with Gasteiger partial charge in [-0.3, -0.25) is 0 Å². The average molecular weight is 232 g/mol. The maximum Gasteiger partial charge on any atom is 0.333 e. The molecule has 0 fully saturated rings. The Bertz CT molecular complexity index is 421. The van der Waals surface area contributed by atoms with E-state index in [1.165, 1.54) is 6.26 Å². The summed E-state index contributed by atoms with van der Waals surface area (Å²) in [5, 5.41) is 0. The van der Waals surface area contributed by atoms with Gasteiger partial charge in [0.15, 0.2) is 0 Å². The minimum Gasteiger partial charge on any atom is -0.497 e. The van der Waals surface area contributed by atoms with Crippen molar-refractivity contribution in [3.8, 4) is 0 Å². The van der Waals surface area contributed by atoms with Crippen LogP contribution in [0.25, 0.3) is 0 Å². The van der Waals surface area contributed by atoms with Gasteiger partial charge in [0.1, 0.15) is 13.2 Å². The second-order valence-electron chi connectivity index (χ2n) is 3.60. The number of rotatable bonds is 6. The molecule has 0 saturated heterocycles. The number of hydrogen-bond donors (Lipinski definition) is 0. The number of benzene rings is 1. The SMILES string of the molecule is C=COCc1ccccc1COC(=O)C(=C)C. The van der Waals surface area contributed by atoms with Gasteiger partial charge in [0, 0.05) is 5.57 Å². The molecule has 0 saturated carbocycles. The first-order valence-corrected chi connectivity index (χ1v) is 5.27. The summed E-state index contributed by atoms with van der Waals surface area (Å²) in [5.74, 6) is -0.385. The summed E-state index contributed by atoms with van der Waals surface area (Å²) in [7, 11) is 0. The quantitative estimate of drug-likeness (QED) is 0.429. The summed E-state index contributed by atoms with van der Waals surface area (Å²) in [6.07, 6.45) is 1.39. The summed E-state index contributed by atoms with van der Waals surface area (Å²) in [6.45, 7) is 9.28. The van der Waals surface area contributed by atoms with Gasteiger partial charge in [-0.1, -0.05) is 37.4 Å². The van der Waals surface area contributed by atoms with Crippen molar-refractivity contribution in [3.63, 3.8) is 0 Å². The molecule has 0 N–H and O–H groups in total. The predicted octanol–water partition coefficient (Wildman–Crippen LogP) is 2.97. The van der Waals surface area contributed by atoms with Gasteiger partial charge in [0.05, 0.1) is 6.26 Å². The minimum atomic E-state index is -0.385. The molecule has 0 amide bonds. The summed E-state index contributed by atoms with van der Waals surface area (Å²) >= 11 is 0. The van der Waals surface area contributed by atoms with E-state index in [1.54, 1.807) is 6.92 Å². The van der Waals surface area contributed by atoms with E-state index >= 15 is 0 Å². The Hall–Kier alpha value is -2.03. The first kappa shape index (κ1) is 13.0. The highest BCUT2D eigenvalue weighted by Crippen LogP contribution is 2.12. The molecule has 0 aliphatic heterocycles. The second-order valence-corrected chi connectivity index (χ2v) is 3.60. The summed E-state index contributed by atoms with van der Waals surface area (Å²) in [5.41, 5.74) is 2.29. The Morgan fingerprint density at radius 2 is 1.88 bits per heavy atom. The monoisotopic (exact) mass is 232 g/mol. The molecule has 0 bridgehead atoms. The van der Waals surface area contributed by atoms with Crippen molar-refractivity contribution < 1.29 is 14.3 Å². The summed E-state index contributed by atoms with van der Waals surface area (Å²) < 4.78 is 10.2. The molecule has 0 unspecified atom stereocenters. The highest BCUT2D eigenvalue weighted by Gasteiger charge is 2.06. The standard InChI is InChI=1S/C14H16O3/c1-4-16-9-12-7-5-6-8-13(12)10-17-14(15)11(2)3/h4-8H,1-2,9-10H2,3H3. The van der Waals surface area contributed by atoms with E-state index in [9.17, 15) is 4.79 Å². The summed E-state index contributed by atoms with van der Waals surface area (Å²) in [4.78, 5) is 11.3. The third-order valence-corrected chi connectivity index (χ3v) is 2.18. The van der Waals surface area contributed by atoms with Crippen LogP contribution in [0.5, 0.6) is 0 Å². The van der Waals surface area contributed by atoms with E-state index in [-0.39, 0.29) is 12.6 Å². The molecule has 90 valence electrons. The Morgan fingerprint density at radius 3 is 2.41 bits per heavy atom. The lowest BCUT2D eigenvalue weighted by molar-refractivity contribution is -0.140. The van der Waals surface area contributed by atoms with Crippen molar-refractivity contribution in [2.45, 2.75) is 20.1 Å². The number of esters is 1. The predicted molar refractivity (Wildman–Crippen MR) is 66.0 cm³/mol. The molecule has 0 heterocycles. The molecule has 0 aliphatic rings. The lowest BCUT2D eigenvalue weighted by atomic mass is 10.1. The molecule has 3 heteroatoms. The minimum absolute atomic E-state index is 0.225. The largest absolute Gasteiger partial charge is 0.497 e. The molecule has 1 aromatic carbocycles. The van der Waals surface area contributed by atoms with E-state index in [2.05, 4.69) is 13.2 Å². The zero-order chi connectivity index (χ0) is 12.7. The molecule has 1 aromatic rings. The van der Waals surface area contributed by atoms with Crippen LogP contribution in [0, 0.1) is 0 Å².